The first kappa shape index (κ1) is 23.2. The van der Waals surface area contributed by atoms with E-state index in [0.29, 0.717) is 12.1 Å². The maximum atomic E-state index is 12.2. The number of pyridine rings is 1. The van der Waals surface area contributed by atoms with Crippen LogP contribution in [0.1, 0.15) is 30.9 Å². The van der Waals surface area contributed by atoms with Crippen LogP contribution >= 0.6 is 0 Å². The zero-order valence-corrected chi connectivity index (χ0v) is 19.1. The number of hydrogen-bond acceptors (Lipinski definition) is 6. The molecule has 3 N–H and O–H groups in total. The number of aryl methyl sites for hydroxylation is 2. The second kappa shape index (κ2) is 9.46. The van der Waals surface area contributed by atoms with E-state index >= 15 is 0 Å². The fourth-order valence-corrected chi connectivity index (χ4v) is 4.37. The van der Waals surface area contributed by atoms with Crippen molar-refractivity contribution >= 4 is 17.0 Å². The number of nitrogens with one attached hydrogen (secondary N) is 1. The number of hydrogen-bond donors (Lipinski definition) is 3. The van der Waals surface area contributed by atoms with Gasteiger partial charge in [-0.2, -0.15) is 0 Å². The van der Waals surface area contributed by atoms with Gasteiger partial charge in [-0.3, -0.25) is 14.9 Å². The van der Waals surface area contributed by atoms with Crippen LogP contribution in [0.4, 0.5) is 0 Å². The van der Waals surface area contributed by atoms with Gasteiger partial charge in [0.2, 0.25) is 0 Å². The van der Waals surface area contributed by atoms with Gasteiger partial charge in [-0.05, 0) is 50.5 Å². The second-order valence-electron chi connectivity index (χ2n) is 8.77. The summed E-state index contributed by atoms with van der Waals surface area (Å²) < 4.78 is 9.58. The van der Waals surface area contributed by atoms with Crippen LogP contribution in [-0.2, 0) is 29.7 Å². The number of ether oxygens (including phenoxy) is 1. The van der Waals surface area contributed by atoms with Crippen LogP contribution in [0, 0.1) is 6.92 Å². The Morgan fingerprint density at radius 3 is 2.79 bits per heavy atom. The first-order chi connectivity index (χ1) is 15.7. The summed E-state index contributed by atoms with van der Waals surface area (Å²) >= 11 is 0. The van der Waals surface area contributed by atoms with Gasteiger partial charge < -0.3 is 24.1 Å². The molecule has 2 unspecified atom stereocenters. The fraction of sp³-hybridized carbons (Fsp3) is 0.458. The molecular weight excluding hydrogens is 424 g/mol. The monoisotopic (exact) mass is 454 g/mol. The van der Waals surface area contributed by atoms with Crippen LogP contribution in [-0.4, -0.2) is 55.2 Å². The van der Waals surface area contributed by atoms with Gasteiger partial charge in [0, 0.05) is 37.5 Å². The third kappa shape index (κ3) is 4.85. The predicted molar refractivity (Wildman–Crippen MR) is 124 cm³/mol. The molecule has 3 heterocycles. The molecular formula is C24H30N4O5. The minimum atomic E-state index is -1.10. The van der Waals surface area contributed by atoms with Gasteiger partial charge in [0.1, 0.15) is 11.9 Å². The van der Waals surface area contributed by atoms with Gasteiger partial charge in [-0.15, -0.1) is 0 Å². The number of aromatic nitrogens is 3. The lowest BCUT2D eigenvalue weighted by Gasteiger charge is -2.17. The van der Waals surface area contributed by atoms with Gasteiger partial charge in [0.15, 0.2) is 0 Å². The number of fused-ring (bicyclic) bond motifs is 1. The van der Waals surface area contributed by atoms with E-state index in [2.05, 4.69) is 9.88 Å². The second-order valence-corrected chi connectivity index (χ2v) is 8.77. The smallest absolute Gasteiger partial charge is 0.323 e. The number of imidazole rings is 1. The molecule has 9 heteroatoms. The van der Waals surface area contributed by atoms with Crippen molar-refractivity contribution in [1.82, 2.24) is 19.4 Å². The van der Waals surface area contributed by atoms with Crippen LogP contribution in [0.5, 0.6) is 0 Å². The van der Waals surface area contributed by atoms with Crippen LogP contribution in [0.15, 0.2) is 35.3 Å². The number of nitrogens with zero attached hydrogens (tertiary/aromatic N) is 3. The Balaban J connectivity index is 1.73. The summed E-state index contributed by atoms with van der Waals surface area (Å²) in [4.78, 5) is 28.4. The highest BCUT2D eigenvalue weighted by Crippen LogP contribution is 2.28. The van der Waals surface area contributed by atoms with E-state index < -0.39 is 18.1 Å². The number of carboxylic acid groups (broad SMARTS) is 1. The van der Waals surface area contributed by atoms with E-state index in [4.69, 9.17) is 9.72 Å². The van der Waals surface area contributed by atoms with Crippen molar-refractivity contribution in [3.63, 3.8) is 0 Å². The van der Waals surface area contributed by atoms with Crippen molar-refractivity contribution < 1.29 is 19.7 Å². The lowest BCUT2D eigenvalue weighted by molar-refractivity contribution is -0.142. The normalized spacial score (nSPS) is 18.0. The summed E-state index contributed by atoms with van der Waals surface area (Å²) in [5.74, 6) is -0.337. The molecule has 0 aliphatic carbocycles. The summed E-state index contributed by atoms with van der Waals surface area (Å²) in [6, 6.07) is 6.64. The highest BCUT2D eigenvalue weighted by molar-refractivity contribution is 5.81. The van der Waals surface area contributed by atoms with Crippen LogP contribution in [0.3, 0.4) is 0 Å². The number of aliphatic hydroxyl groups excluding tert-OH is 1. The first-order valence-corrected chi connectivity index (χ1v) is 11.2. The quantitative estimate of drug-likeness (QED) is 0.475. The number of benzene rings is 1. The molecule has 176 valence electrons. The Morgan fingerprint density at radius 2 is 2.15 bits per heavy atom. The Kier molecular flexibility index (Phi) is 6.64. The molecule has 0 spiro atoms. The van der Waals surface area contributed by atoms with E-state index in [1.807, 2.05) is 24.3 Å². The van der Waals surface area contributed by atoms with E-state index in [-0.39, 0.29) is 18.2 Å². The molecule has 1 fully saturated rings. The molecule has 1 aliphatic heterocycles. The number of aliphatic carboxylic acids is 1. The van der Waals surface area contributed by atoms with Gasteiger partial charge in [-0.1, -0.05) is 6.07 Å². The molecule has 4 rings (SSSR count). The van der Waals surface area contributed by atoms with Crippen LogP contribution in [0.2, 0.25) is 0 Å². The van der Waals surface area contributed by atoms with Crippen molar-refractivity contribution in [2.45, 2.75) is 58.0 Å². The van der Waals surface area contributed by atoms with Crippen LogP contribution < -0.4 is 10.9 Å². The van der Waals surface area contributed by atoms with Crippen molar-refractivity contribution in [2.75, 3.05) is 6.61 Å². The zero-order chi connectivity index (χ0) is 23.7. The summed E-state index contributed by atoms with van der Waals surface area (Å²) in [5.41, 5.74) is 4.04. The SMILES string of the molecule is Cc1cc(-c2nc3cc(CNC(C(=O)O)C(C)O)ccc3n2C[C@@H]2CCCO2)cn(C)c1=O. The number of rotatable bonds is 8. The average Bonchev–Trinajstić information content (AvgIpc) is 3.39. The first-order valence-electron chi connectivity index (χ1n) is 11.2. The van der Waals surface area contributed by atoms with Gasteiger partial charge in [0.05, 0.1) is 29.8 Å². The van der Waals surface area contributed by atoms with E-state index in [1.165, 1.54) is 6.92 Å². The number of carbonyl (C=O) groups is 1. The molecule has 0 amide bonds. The fourth-order valence-electron chi connectivity index (χ4n) is 4.37. The van der Waals surface area contributed by atoms with Crippen molar-refractivity contribution in [1.29, 1.82) is 0 Å². The highest BCUT2D eigenvalue weighted by Gasteiger charge is 2.23. The summed E-state index contributed by atoms with van der Waals surface area (Å²) in [5, 5.41) is 21.9. The van der Waals surface area contributed by atoms with Gasteiger partial charge in [0.25, 0.3) is 5.56 Å². The molecule has 0 radical (unpaired) electrons. The predicted octanol–water partition coefficient (Wildman–Crippen LogP) is 1.81. The zero-order valence-electron chi connectivity index (χ0n) is 19.1. The molecule has 3 atom stereocenters. The number of aliphatic hydroxyl groups is 1. The number of carboxylic acids is 1. The third-order valence-electron chi connectivity index (χ3n) is 6.12. The molecule has 0 saturated carbocycles. The molecule has 9 nitrogen and oxygen atoms in total. The van der Waals surface area contributed by atoms with Crippen LogP contribution in [0.25, 0.3) is 22.4 Å². The van der Waals surface area contributed by atoms with Crippen molar-refractivity contribution in [2.24, 2.45) is 7.05 Å². The standard InChI is InChI=1S/C24H30N4O5/c1-14-9-17(12-27(3)23(14)30)22-26-19-10-16(11-25-21(15(2)29)24(31)32)6-7-20(19)28(22)13-18-5-4-8-33-18/h6-7,9-10,12,15,18,21,25,29H,4-5,8,11,13H2,1-3H3,(H,31,32)/t15?,18-,21?/m0/s1. The molecule has 1 aromatic carbocycles. The maximum absolute atomic E-state index is 12.2. The lowest BCUT2D eigenvalue weighted by Crippen LogP contribution is -2.44. The lowest BCUT2D eigenvalue weighted by atomic mass is 10.1. The van der Waals surface area contributed by atoms with Gasteiger partial charge in [-0.25, -0.2) is 4.98 Å². The molecule has 0 bridgehead atoms. The Labute approximate surface area is 191 Å². The average molecular weight is 455 g/mol. The van der Waals surface area contributed by atoms with Crippen molar-refractivity contribution in [3.8, 4) is 11.4 Å². The van der Waals surface area contributed by atoms with E-state index in [1.54, 1.807) is 24.7 Å². The molecule has 2 aromatic heterocycles. The highest BCUT2D eigenvalue weighted by atomic mass is 16.5. The Hall–Kier alpha value is -3.01. The maximum Gasteiger partial charge on any atom is 0.323 e. The minimum absolute atomic E-state index is 0.0417. The third-order valence-corrected chi connectivity index (χ3v) is 6.12. The Morgan fingerprint density at radius 1 is 1.36 bits per heavy atom. The molecule has 1 saturated heterocycles. The summed E-state index contributed by atoms with van der Waals surface area (Å²) in [6.07, 6.45) is 2.92. The minimum Gasteiger partial charge on any atom is -0.480 e. The Bertz CT molecular complexity index is 1200. The van der Waals surface area contributed by atoms with E-state index in [9.17, 15) is 19.8 Å². The molecule has 33 heavy (non-hydrogen) atoms. The van der Waals surface area contributed by atoms with E-state index in [0.717, 1.165) is 47.4 Å². The topological polar surface area (TPSA) is 119 Å². The summed E-state index contributed by atoms with van der Waals surface area (Å²) in [7, 11) is 1.73. The largest absolute Gasteiger partial charge is 0.480 e. The van der Waals surface area contributed by atoms with Gasteiger partial charge >= 0.3 is 5.97 Å². The molecule has 3 aromatic rings. The summed E-state index contributed by atoms with van der Waals surface area (Å²) in [6.45, 7) is 4.95. The molecule has 1 aliphatic rings. The van der Waals surface area contributed by atoms with Crippen molar-refractivity contribution in [3.05, 3.63) is 51.9 Å².